The number of ether oxygens (including phenoxy) is 1. The lowest BCUT2D eigenvalue weighted by atomic mass is 9.84. The molecule has 4 aromatic rings. The number of carbonyl (C=O) groups excluding carboxylic acids is 2. The molecule has 12 nitrogen and oxygen atoms in total. The van der Waals surface area contributed by atoms with Crippen molar-refractivity contribution in [2.24, 2.45) is 5.92 Å². The van der Waals surface area contributed by atoms with Crippen LogP contribution in [0.15, 0.2) is 67.0 Å². The summed E-state index contributed by atoms with van der Waals surface area (Å²) in [7, 11) is 0. The Hall–Kier alpha value is -4.76. The lowest BCUT2D eigenvalue weighted by Gasteiger charge is -2.27. The average Bonchev–Trinajstić information content (AvgIpc) is 3.68. The van der Waals surface area contributed by atoms with Crippen LogP contribution in [0.2, 0.25) is 0 Å². The molecule has 282 valence electrons. The number of alkyl halides is 3. The normalized spacial score (nSPS) is 22.4. The van der Waals surface area contributed by atoms with Gasteiger partial charge >= 0.3 is 12.1 Å². The number of fused-ring (bicyclic) bond motifs is 1. The molecule has 0 bridgehead atoms. The summed E-state index contributed by atoms with van der Waals surface area (Å²) in [4.78, 5) is 41.6. The third-order valence-electron chi connectivity index (χ3n) is 10.7. The zero-order valence-corrected chi connectivity index (χ0v) is 29.3. The summed E-state index contributed by atoms with van der Waals surface area (Å²) in [5.41, 5.74) is 2.80. The van der Waals surface area contributed by atoms with E-state index in [1.807, 2.05) is 36.4 Å². The first-order chi connectivity index (χ1) is 25.7. The number of nitrogens with one attached hydrogen (secondary N) is 3. The number of esters is 1. The number of likely N-dealkylation sites (tertiary alicyclic amines) is 1. The second-order valence-corrected chi connectivity index (χ2v) is 14.2. The van der Waals surface area contributed by atoms with Gasteiger partial charge in [0.1, 0.15) is 6.10 Å². The maximum atomic E-state index is 13.5. The van der Waals surface area contributed by atoms with Gasteiger partial charge in [-0.05, 0) is 56.3 Å². The number of aromatic nitrogens is 4. The molecular formula is C38H45F3N8O4. The largest absolute Gasteiger partial charge is 0.490 e. The Morgan fingerprint density at radius 3 is 2.23 bits per heavy atom. The zero-order valence-electron chi connectivity index (χ0n) is 29.3. The van der Waals surface area contributed by atoms with Crippen molar-refractivity contribution >= 4 is 34.8 Å². The van der Waals surface area contributed by atoms with Gasteiger partial charge in [0.15, 0.2) is 23.1 Å². The van der Waals surface area contributed by atoms with Gasteiger partial charge in [0.25, 0.3) is 0 Å². The van der Waals surface area contributed by atoms with Crippen molar-refractivity contribution in [1.82, 2.24) is 29.7 Å². The van der Waals surface area contributed by atoms with Crippen LogP contribution in [-0.2, 0) is 14.3 Å². The van der Waals surface area contributed by atoms with Crippen molar-refractivity contribution in [2.45, 2.75) is 81.3 Å². The van der Waals surface area contributed by atoms with Crippen LogP contribution in [0.5, 0.6) is 0 Å². The van der Waals surface area contributed by atoms with E-state index in [2.05, 4.69) is 50.1 Å². The van der Waals surface area contributed by atoms with E-state index < -0.39 is 36.4 Å². The van der Waals surface area contributed by atoms with Crippen LogP contribution in [0.3, 0.4) is 0 Å². The van der Waals surface area contributed by atoms with Crippen LogP contribution < -0.4 is 16.0 Å². The highest BCUT2D eigenvalue weighted by Gasteiger charge is 2.51. The van der Waals surface area contributed by atoms with Crippen molar-refractivity contribution < 1.29 is 32.6 Å². The Kier molecular flexibility index (Phi) is 11.1. The highest BCUT2D eigenvalue weighted by molar-refractivity contribution is 5.85. The number of aliphatic hydroxyl groups is 1. The van der Waals surface area contributed by atoms with E-state index in [1.54, 1.807) is 0 Å². The van der Waals surface area contributed by atoms with Gasteiger partial charge in [0.2, 0.25) is 11.9 Å². The highest BCUT2D eigenvalue weighted by Crippen LogP contribution is 2.38. The Labute approximate surface area is 305 Å². The quantitative estimate of drug-likeness (QED) is 0.138. The van der Waals surface area contributed by atoms with E-state index in [9.17, 15) is 27.9 Å². The molecular weight excluding hydrogens is 689 g/mol. The number of hydrogen-bond donors (Lipinski definition) is 4. The van der Waals surface area contributed by atoms with Crippen LogP contribution >= 0.6 is 0 Å². The summed E-state index contributed by atoms with van der Waals surface area (Å²) in [6, 6.07) is 18.1. The van der Waals surface area contributed by atoms with Crippen LogP contribution in [0.25, 0.3) is 11.2 Å². The third kappa shape index (κ3) is 8.41. The minimum Gasteiger partial charge on any atom is -0.451 e. The van der Waals surface area contributed by atoms with E-state index in [1.165, 1.54) is 17.3 Å². The standard InChI is InChI=1S/C38H45F3N8O4/c39-38(40,41)36(52)53-32-29(21-28(31(32)50)45-35(51)26-15-10-16-26)49-23-44-30-33(46-37(47-34(30)49)42-17-20-48-18-8-3-9-19-48)43-22-27(24-11-4-1-5-12-24)25-13-6-2-7-14-25/h1-2,4-7,11-14,23,26-29,31-32,50H,3,8-10,15-22H2,(H,45,51)(H2,42,43,46,47)/t28-,29+,31+,32-/m0/s1. The first-order valence-electron chi connectivity index (χ1n) is 18.5. The molecule has 3 fully saturated rings. The van der Waals surface area contributed by atoms with E-state index in [4.69, 9.17) is 14.7 Å². The highest BCUT2D eigenvalue weighted by atomic mass is 19.4. The van der Waals surface area contributed by atoms with Crippen LogP contribution in [0.4, 0.5) is 24.9 Å². The van der Waals surface area contributed by atoms with Crippen LogP contribution in [0, 0.1) is 5.92 Å². The Morgan fingerprint density at radius 2 is 1.60 bits per heavy atom. The summed E-state index contributed by atoms with van der Waals surface area (Å²) in [5.74, 6) is -2.29. The van der Waals surface area contributed by atoms with Gasteiger partial charge in [-0.3, -0.25) is 4.79 Å². The second kappa shape index (κ2) is 16.1. The first-order valence-corrected chi connectivity index (χ1v) is 18.5. The fraction of sp³-hybridized carbons (Fsp3) is 0.500. The molecule has 4 N–H and O–H groups in total. The number of rotatable bonds is 13. The fourth-order valence-corrected chi connectivity index (χ4v) is 7.58. The van der Waals surface area contributed by atoms with Gasteiger partial charge in [-0.25, -0.2) is 9.78 Å². The Bertz CT molecular complexity index is 1810. The number of carbonyl (C=O) groups is 2. The van der Waals surface area contributed by atoms with Crippen molar-refractivity contribution in [1.29, 1.82) is 0 Å². The summed E-state index contributed by atoms with van der Waals surface area (Å²) >= 11 is 0. The van der Waals surface area contributed by atoms with E-state index in [0.29, 0.717) is 37.3 Å². The van der Waals surface area contributed by atoms with Crippen molar-refractivity contribution in [3.63, 3.8) is 0 Å². The van der Waals surface area contributed by atoms with Gasteiger partial charge in [0.05, 0.1) is 18.4 Å². The van der Waals surface area contributed by atoms with Gasteiger partial charge < -0.3 is 35.3 Å². The lowest BCUT2D eigenvalue weighted by Crippen LogP contribution is -2.47. The molecule has 0 radical (unpaired) electrons. The topological polar surface area (TPSA) is 147 Å². The van der Waals surface area contributed by atoms with Crippen LogP contribution in [0.1, 0.15) is 68.0 Å². The van der Waals surface area contributed by atoms with Gasteiger partial charge in [0, 0.05) is 31.5 Å². The Balaban J connectivity index is 1.22. The molecule has 1 saturated heterocycles. The average molecular weight is 735 g/mol. The molecule has 7 rings (SSSR count). The predicted molar refractivity (Wildman–Crippen MR) is 192 cm³/mol. The van der Waals surface area contributed by atoms with Gasteiger partial charge in [-0.1, -0.05) is 73.5 Å². The molecule has 2 aromatic heterocycles. The number of imidazole rings is 1. The maximum Gasteiger partial charge on any atom is 0.490 e. The number of anilines is 2. The molecule has 1 aliphatic heterocycles. The number of amides is 1. The monoisotopic (exact) mass is 734 g/mol. The predicted octanol–water partition coefficient (Wildman–Crippen LogP) is 5.03. The van der Waals surface area contributed by atoms with Gasteiger partial charge in [-0.15, -0.1) is 0 Å². The SMILES string of the molecule is O=C(N[C@H]1C[C@@H](n2cnc3c(NCC(c4ccccc4)c4ccccc4)nc(NCCN4CCCCC4)nc32)[C@H](OC(=O)C(F)(F)F)[C@@H]1O)C1CCC1. The minimum atomic E-state index is -5.28. The number of halogens is 3. The molecule has 1 amide bonds. The van der Waals surface area contributed by atoms with Crippen LogP contribution in [-0.4, -0.2) is 98.6 Å². The molecule has 4 atom stereocenters. The van der Waals surface area contributed by atoms with Crippen molar-refractivity contribution in [2.75, 3.05) is 43.4 Å². The summed E-state index contributed by atoms with van der Waals surface area (Å²) in [6.45, 7) is 3.80. The molecule has 2 saturated carbocycles. The zero-order chi connectivity index (χ0) is 37.0. The van der Waals surface area contributed by atoms with E-state index in [0.717, 1.165) is 50.0 Å². The molecule has 0 unspecified atom stereocenters. The number of benzene rings is 2. The number of hydrogen-bond acceptors (Lipinski definition) is 10. The summed E-state index contributed by atoms with van der Waals surface area (Å²) in [5, 5.41) is 20.9. The first kappa shape index (κ1) is 36.6. The number of nitrogens with zero attached hydrogens (tertiary/aromatic N) is 5. The smallest absolute Gasteiger partial charge is 0.451 e. The number of aliphatic hydroxyl groups excluding tert-OH is 1. The van der Waals surface area contributed by atoms with Crippen molar-refractivity contribution in [3.05, 3.63) is 78.1 Å². The third-order valence-corrected chi connectivity index (χ3v) is 10.7. The molecule has 0 spiro atoms. The lowest BCUT2D eigenvalue weighted by molar-refractivity contribution is -0.209. The number of piperidine rings is 1. The molecule has 3 heterocycles. The second-order valence-electron chi connectivity index (χ2n) is 14.2. The maximum absolute atomic E-state index is 13.5. The van der Waals surface area contributed by atoms with Crippen molar-refractivity contribution in [3.8, 4) is 0 Å². The summed E-state index contributed by atoms with van der Waals surface area (Å²) < 4.78 is 46.9. The molecule has 53 heavy (non-hydrogen) atoms. The van der Waals surface area contributed by atoms with E-state index in [-0.39, 0.29) is 35.8 Å². The molecule has 3 aliphatic rings. The fourth-order valence-electron chi connectivity index (χ4n) is 7.58. The molecule has 15 heteroatoms. The van der Waals surface area contributed by atoms with Gasteiger partial charge in [-0.2, -0.15) is 23.1 Å². The molecule has 2 aliphatic carbocycles. The minimum absolute atomic E-state index is 0.0184. The molecule has 2 aromatic carbocycles. The Morgan fingerprint density at radius 1 is 0.925 bits per heavy atom. The summed E-state index contributed by atoms with van der Waals surface area (Å²) in [6.07, 6.45) is -1.32. The van der Waals surface area contributed by atoms with E-state index >= 15 is 0 Å².